The summed E-state index contributed by atoms with van der Waals surface area (Å²) in [5.41, 5.74) is 0.912. The lowest BCUT2D eigenvalue weighted by atomic mass is 9.84. The summed E-state index contributed by atoms with van der Waals surface area (Å²) in [5, 5.41) is 2.73. The summed E-state index contributed by atoms with van der Waals surface area (Å²) in [6.07, 6.45) is 3.93. The summed E-state index contributed by atoms with van der Waals surface area (Å²) in [4.78, 5) is 23.7. The SMILES string of the molecule is COC(=O)C1CC(C)C=CC1NC(=O)OCc1ccccc1. The molecule has 2 rings (SSSR count). The number of nitrogens with one attached hydrogen (secondary N) is 1. The number of benzene rings is 1. The van der Waals surface area contributed by atoms with Gasteiger partial charge in [-0.05, 0) is 17.9 Å². The normalized spacial score (nSPS) is 23.6. The van der Waals surface area contributed by atoms with Crippen LogP contribution >= 0.6 is 0 Å². The first-order valence-electron chi connectivity index (χ1n) is 7.33. The van der Waals surface area contributed by atoms with Crippen molar-refractivity contribution in [3.63, 3.8) is 0 Å². The van der Waals surface area contributed by atoms with Crippen molar-refractivity contribution in [1.29, 1.82) is 0 Å². The summed E-state index contributed by atoms with van der Waals surface area (Å²) in [6, 6.07) is 9.04. The van der Waals surface area contributed by atoms with Crippen molar-refractivity contribution in [2.24, 2.45) is 11.8 Å². The molecule has 5 nitrogen and oxygen atoms in total. The van der Waals surface area contributed by atoms with Crippen molar-refractivity contribution in [3.8, 4) is 0 Å². The average Bonchev–Trinajstić information content (AvgIpc) is 2.55. The quantitative estimate of drug-likeness (QED) is 0.686. The van der Waals surface area contributed by atoms with E-state index in [1.807, 2.05) is 49.4 Å². The molecule has 22 heavy (non-hydrogen) atoms. The molecule has 118 valence electrons. The minimum Gasteiger partial charge on any atom is -0.469 e. The van der Waals surface area contributed by atoms with E-state index in [0.29, 0.717) is 6.42 Å². The highest BCUT2D eigenvalue weighted by molar-refractivity contribution is 5.76. The van der Waals surface area contributed by atoms with E-state index in [4.69, 9.17) is 9.47 Å². The lowest BCUT2D eigenvalue weighted by Gasteiger charge is -2.28. The molecule has 0 radical (unpaired) electrons. The fourth-order valence-electron chi connectivity index (χ4n) is 2.51. The summed E-state index contributed by atoms with van der Waals surface area (Å²) in [7, 11) is 1.36. The Morgan fingerprint density at radius 3 is 2.64 bits per heavy atom. The maximum atomic E-state index is 11.9. The van der Waals surface area contributed by atoms with Gasteiger partial charge in [0.25, 0.3) is 0 Å². The number of hydrogen-bond donors (Lipinski definition) is 1. The molecule has 0 spiro atoms. The molecule has 1 aromatic carbocycles. The zero-order valence-electron chi connectivity index (χ0n) is 12.8. The van der Waals surface area contributed by atoms with Crippen molar-refractivity contribution in [2.45, 2.75) is 26.0 Å². The van der Waals surface area contributed by atoms with Crippen LogP contribution in [0.5, 0.6) is 0 Å². The number of amides is 1. The first-order valence-corrected chi connectivity index (χ1v) is 7.33. The van der Waals surface area contributed by atoms with E-state index < -0.39 is 12.1 Å². The third kappa shape index (κ3) is 4.35. The van der Waals surface area contributed by atoms with Crippen molar-refractivity contribution < 1.29 is 19.1 Å². The van der Waals surface area contributed by atoms with Gasteiger partial charge in [0.15, 0.2) is 0 Å². The van der Waals surface area contributed by atoms with E-state index in [9.17, 15) is 9.59 Å². The number of methoxy groups -OCH3 is 1. The van der Waals surface area contributed by atoms with Gasteiger partial charge in [-0.3, -0.25) is 4.79 Å². The van der Waals surface area contributed by atoms with Gasteiger partial charge in [0, 0.05) is 0 Å². The van der Waals surface area contributed by atoms with Gasteiger partial charge in [-0.2, -0.15) is 0 Å². The molecule has 0 saturated heterocycles. The molecule has 3 atom stereocenters. The number of ether oxygens (including phenoxy) is 2. The van der Waals surface area contributed by atoms with Crippen LogP contribution in [0.2, 0.25) is 0 Å². The smallest absolute Gasteiger partial charge is 0.407 e. The monoisotopic (exact) mass is 303 g/mol. The maximum Gasteiger partial charge on any atom is 0.407 e. The molecule has 0 heterocycles. The standard InChI is InChI=1S/C17H21NO4/c1-12-8-9-15(14(10-12)16(19)21-2)18-17(20)22-11-13-6-4-3-5-7-13/h3-9,12,14-15H,10-11H2,1-2H3,(H,18,20). The third-order valence-electron chi connectivity index (χ3n) is 3.71. The molecular weight excluding hydrogens is 282 g/mol. The highest BCUT2D eigenvalue weighted by Gasteiger charge is 2.32. The van der Waals surface area contributed by atoms with Gasteiger partial charge in [0.1, 0.15) is 6.61 Å². The number of carbonyl (C=O) groups is 2. The van der Waals surface area contributed by atoms with Gasteiger partial charge in [0.2, 0.25) is 0 Å². The van der Waals surface area contributed by atoms with Gasteiger partial charge < -0.3 is 14.8 Å². The molecule has 3 unspecified atom stereocenters. The molecule has 5 heteroatoms. The molecule has 0 saturated carbocycles. The average molecular weight is 303 g/mol. The van der Waals surface area contributed by atoms with E-state index in [0.717, 1.165) is 5.56 Å². The van der Waals surface area contributed by atoms with Gasteiger partial charge in [-0.1, -0.05) is 49.4 Å². The van der Waals surface area contributed by atoms with E-state index in [1.165, 1.54) is 7.11 Å². The second kappa shape index (κ2) is 7.64. The number of allylic oxidation sites excluding steroid dienone is 1. The number of hydrogen-bond acceptors (Lipinski definition) is 4. The first-order chi connectivity index (χ1) is 10.6. The maximum absolute atomic E-state index is 11.9. The van der Waals surface area contributed by atoms with Gasteiger partial charge in [0.05, 0.1) is 19.1 Å². The Morgan fingerprint density at radius 1 is 1.23 bits per heavy atom. The highest BCUT2D eigenvalue weighted by atomic mass is 16.5. The topological polar surface area (TPSA) is 64.6 Å². The minimum absolute atomic E-state index is 0.197. The molecule has 1 aliphatic rings. The van der Waals surface area contributed by atoms with Crippen molar-refractivity contribution >= 4 is 12.1 Å². The van der Waals surface area contributed by atoms with Crippen LogP contribution in [0.4, 0.5) is 4.79 Å². The van der Waals surface area contributed by atoms with Crippen LogP contribution in [0.1, 0.15) is 18.9 Å². The zero-order chi connectivity index (χ0) is 15.9. The molecule has 1 aromatic rings. The Hall–Kier alpha value is -2.30. The first kappa shape index (κ1) is 16.1. The Morgan fingerprint density at radius 2 is 1.95 bits per heavy atom. The van der Waals surface area contributed by atoms with Crippen LogP contribution in [0, 0.1) is 11.8 Å². The minimum atomic E-state index is -0.540. The predicted octanol–water partition coefficient (Wildman–Crippen LogP) is 2.67. The molecule has 1 aliphatic carbocycles. The lowest BCUT2D eigenvalue weighted by molar-refractivity contribution is -0.146. The number of esters is 1. The summed E-state index contributed by atoms with van der Waals surface area (Å²) >= 11 is 0. The van der Waals surface area contributed by atoms with Crippen molar-refractivity contribution in [3.05, 3.63) is 48.0 Å². The Bertz CT molecular complexity index is 541. The van der Waals surface area contributed by atoms with Crippen LogP contribution < -0.4 is 5.32 Å². The van der Waals surface area contributed by atoms with E-state index in [2.05, 4.69) is 5.32 Å². The summed E-state index contributed by atoms with van der Waals surface area (Å²) in [6.45, 7) is 2.22. The molecule has 0 fully saturated rings. The van der Waals surface area contributed by atoms with Crippen molar-refractivity contribution in [2.75, 3.05) is 7.11 Å². The van der Waals surface area contributed by atoms with Crippen LogP contribution in [0.15, 0.2) is 42.5 Å². The highest BCUT2D eigenvalue weighted by Crippen LogP contribution is 2.24. The van der Waals surface area contributed by atoms with Crippen LogP contribution in [0.25, 0.3) is 0 Å². The molecule has 0 bridgehead atoms. The second-order valence-corrected chi connectivity index (χ2v) is 5.46. The van der Waals surface area contributed by atoms with Gasteiger partial charge >= 0.3 is 12.1 Å². The summed E-state index contributed by atoms with van der Waals surface area (Å²) in [5.74, 6) is -0.415. The fraction of sp³-hybridized carbons (Fsp3) is 0.412. The Labute approximate surface area is 130 Å². The van der Waals surface area contributed by atoms with Gasteiger partial charge in [-0.15, -0.1) is 0 Å². The van der Waals surface area contributed by atoms with Crippen LogP contribution in [0.3, 0.4) is 0 Å². The van der Waals surface area contributed by atoms with E-state index >= 15 is 0 Å². The third-order valence-corrected chi connectivity index (χ3v) is 3.71. The number of alkyl carbamates (subject to hydrolysis) is 1. The van der Waals surface area contributed by atoms with E-state index in [1.54, 1.807) is 0 Å². The van der Waals surface area contributed by atoms with Gasteiger partial charge in [-0.25, -0.2) is 4.79 Å². The fourth-order valence-corrected chi connectivity index (χ4v) is 2.51. The predicted molar refractivity (Wildman–Crippen MR) is 82.0 cm³/mol. The Balaban J connectivity index is 1.91. The van der Waals surface area contributed by atoms with Crippen LogP contribution in [-0.4, -0.2) is 25.2 Å². The zero-order valence-corrected chi connectivity index (χ0v) is 12.8. The second-order valence-electron chi connectivity index (χ2n) is 5.46. The largest absolute Gasteiger partial charge is 0.469 e. The van der Waals surface area contributed by atoms with Crippen LogP contribution in [-0.2, 0) is 20.9 Å². The van der Waals surface area contributed by atoms with E-state index in [-0.39, 0.29) is 24.4 Å². The number of rotatable bonds is 4. The number of carbonyl (C=O) groups excluding carboxylic acids is 2. The van der Waals surface area contributed by atoms with Crippen molar-refractivity contribution in [1.82, 2.24) is 5.32 Å². The lowest BCUT2D eigenvalue weighted by Crippen LogP contribution is -2.44. The molecular formula is C17H21NO4. The molecule has 1 N–H and O–H groups in total. The molecule has 1 amide bonds. The molecule has 0 aliphatic heterocycles. The Kier molecular flexibility index (Phi) is 5.58. The summed E-state index contributed by atoms with van der Waals surface area (Å²) < 4.78 is 10.00. The molecule has 0 aromatic heterocycles.